The van der Waals surface area contributed by atoms with Crippen molar-refractivity contribution in [3.05, 3.63) is 92.2 Å². The summed E-state index contributed by atoms with van der Waals surface area (Å²) in [6.07, 6.45) is 1.52. The zero-order valence-corrected chi connectivity index (χ0v) is 19.1. The van der Waals surface area contributed by atoms with E-state index in [1.54, 1.807) is 18.2 Å². The van der Waals surface area contributed by atoms with E-state index < -0.39 is 42.1 Å². The number of nitrogens with one attached hydrogen (secondary N) is 2. The molecule has 0 aliphatic rings. The summed E-state index contributed by atoms with van der Waals surface area (Å²) < 4.78 is 43.8. The van der Waals surface area contributed by atoms with Crippen LogP contribution >= 0.6 is 23.2 Å². The van der Waals surface area contributed by atoms with Gasteiger partial charge in [-0.15, -0.1) is 0 Å². The van der Waals surface area contributed by atoms with Crippen molar-refractivity contribution in [3.8, 4) is 0 Å². The van der Waals surface area contributed by atoms with Gasteiger partial charge in [0, 0.05) is 42.0 Å². The Morgan fingerprint density at radius 3 is 2.68 bits per heavy atom. The van der Waals surface area contributed by atoms with Crippen molar-refractivity contribution in [2.45, 2.75) is 25.4 Å². The van der Waals surface area contributed by atoms with E-state index in [1.165, 1.54) is 12.1 Å². The zero-order chi connectivity index (χ0) is 24.9. The van der Waals surface area contributed by atoms with Crippen LogP contribution in [0, 0.1) is 11.0 Å². The lowest BCUT2D eigenvalue weighted by atomic mass is 10.1. The van der Waals surface area contributed by atoms with Gasteiger partial charge < -0.3 is 21.6 Å². The molecule has 3 aromatic rings. The van der Waals surface area contributed by atoms with Crippen LogP contribution in [0.4, 0.5) is 19.0 Å². The van der Waals surface area contributed by atoms with Crippen LogP contribution in [0.2, 0.25) is 10.0 Å². The highest BCUT2D eigenvalue weighted by atomic mass is 35.5. The maximum atomic E-state index is 15.0. The number of amides is 1. The van der Waals surface area contributed by atoms with Gasteiger partial charge in [0.2, 0.25) is 5.91 Å². The Bertz CT molecular complexity index is 1200. The van der Waals surface area contributed by atoms with Crippen molar-refractivity contribution in [1.29, 1.82) is 0 Å². The van der Waals surface area contributed by atoms with Gasteiger partial charge in [0.25, 0.3) is 5.69 Å². The molecule has 2 heterocycles. The minimum absolute atomic E-state index is 0.0269. The smallest absolute Gasteiger partial charge is 0.347 e. The van der Waals surface area contributed by atoms with Crippen LogP contribution in [0.5, 0.6) is 0 Å². The Balaban J connectivity index is 1.70. The Morgan fingerprint density at radius 2 is 1.97 bits per heavy atom. The average molecular weight is 514 g/mol. The molecular formula is C22H20Cl2F3N5O2. The number of benzene rings is 1. The summed E-state index contributed by atoms with van der Waals surface area (Å²) in [5.41, 5.74) is 6.13. The lowest BCUT2D eigenvalue weighted by Gasteiger charge is -2.17. The Kier molecular flexibility index (Phi) is 8.19. The predicted molar refractivity (Wildman–Crippen MR) is 122 cm³/mol. The Morgan fingerprint density at radius 1 is 1.21 bits per heavy atom. The van der Waals surface area contributed by atoms with Crippen LogP contribution in [-0.2, 0) is 30.2 Å². The Labute approximate surface area is 203 Å². The largest absolute Gasteiger partial charge is 0.618 e. The molecule has 0 aliphatic carbocycles. The fourth-order valence-corrected chi connectivity index (χ4v) is 3.55. The number of rotatable bonds is 9. The van der Waals surface area contributed by atoms with Crippen LogP contribution in [0.25, 0.3) is 0 Å². The molecule has 180 valence electrons. The van der Waals surface area contributed by atoms with Gasteiger partial charge in [-0.2, -0.15) is 13.5 Å². The summed E-state index contributed by atoms with van der Waals surface area (Å²) in [5, 5.41) is 16.8. The summed E-state index contributed by atoms with van der Waals surface area (Å²) in [7, 11) is 0. The fourth-order valence-electron chi connectivity index (χ4n) is 3.16. The van der Waals surface area contributed by atoms with Gasteiger partial charge in [-0.25, -0.2) is 9.37 Å². The topological polar surface area (TPSA) is 107 Å². The number of nitrogens with zero attached hydrogens (tertiary/aromatic N) is 2. The minimum Gasteiger partial charge on any atom is -0.618 e. The number of hydrogen-bond acceptors (Lipinski definition) is 5. The van der Waals surface area contributed by atoms with E-state index in [1.807, 2.05) is 0 Å². The number of alkyl halides is 2. The van der Waals surface area contributed by atoms with Crippen LogP contribution in [0.3, 0.4) is 0 Å². The molecular weight excluding hydrogens is 494 g/mol. The van der Waals surface area contributed by atoms with Gasteiger partial charge in [0.1, 0.15) is 0 Å². The molecule has 7 nitrogen and oxygen atoms in total. The van der Waals surface area contributed by atoms with Gasteiger partial charge in [0.15, 0.2) is 17.8 Å². The van der Waals surface area contributed by atoms with Gasteiger partial charge in [-0.1, -0.05) is 29.3 Å². The molecule has 0 unspecified atom stereocenters. The van der Waals surface area contributed by atoms with E-state index in [4.69, 9.17) is 28.9 Å². The molecule has 12 heteroatoms. The first kappa shape index (κ1) is 25.5. The second-order valence-corrected chi connectivity index (χ2v) is 8.13. The van der Waals surface area contributed by atoms with E-state index >= 15 is 0 Å². The zero-order valence-electron chi connectivity index (χ0n) is 17.6. The highest BCUT2D eigenvalue weighted by Gasteiger charge is 2.39. The van der Waals surface area contributed by atoms with Crippen molar-refractivity contribution in [3.63, 3.8) is 0 Å². The molecule has 1 aromatic carbocycles. The van der Waals surface area contributed by atoms with Gasteiger partial charge >= 0.3 is 5.92 Å². The number of carbonyl (C=O) groups is 1. The molecule has 0 saturated heterocycles. The highest BCUT2D eigenvalue weighted by molar-refractivity contribution is 6.31. The third kappa shape index (κ3) is 6.07. The lowest BCUT2D eigenvalue weighted by molar-refractivity contribution is -0.624. The van der Waals surface area contributed by atoms with Crippen LogP contribution in [0.1, 0.15) is 22.4 Å². The van der Waals surface area contributed by atoms with Crippen molar-refractivity contribution >= 4 is 34.9 Å². The maximum Gasteiger partial charge on any atom is 0.347 e. The Hall–Kier alpha value is -3.08. The third-order valence-electron chi connectivity index (χ3n) is 4.95. The molecule has 34 heavy (non-hydrogen) atoms. The molecule has 0 spiro atoms. The number of hydrogen-bond donors (Lipinski definition) is 3. The monoisotopic (exact) mass is 513 g/mol. The first-order chi connectivity index (χ1) is 16.1. The van der Waals surface area contributed by atoms with Gasteiger partial charge in [-0.05, 0) is 29.3 Å². The summed E-state index contributed by atoms with van der Waals surface area (Å²) in [6, 6.07) is 8.63. The standard InChI is InChI=1S/C22H20Cl2F3N5O2/c23-15-5-4-13(9-28)14(7-15)10-29-19(33)8-16-17(24)11-30-21(20(16)25)31-12-22(26,27)18-3-1-2-6-32(18)34/h1-7,11H,8-10,12,28H2,(H,29,33)(H,30,31). The number of halogens is 5. The molecule has 2 aromatic heterocycles. The van der Waals surface area contributed by atoms with Gasteiger partial charge in [0.05, 0.1) is 18.0 Å². The van der Waals surface area contributed by atoms with E-state index in [2.05, 4.69) is 15.6 Å². The first-order valence-corrected chi connectivity index (χ1v) is 10.7. The van der Waals surface area contributed by atoms with E-state index in [0.29, 0.717) is 10.6 Å². The normalized spacial score (nSPS) is 11.4. The number of nitrogens with two attached hydrogens (primary N) is 1. The molecule has 0 saturated carbocycles. The minimum atomic E-state index is -3.62. The number of anilines is 1. The molecule has 0 atom stereocenters. The first-order valence-electron chi connectivity index (χ1n) is 9.99. The van der Waals surface area contributed by atoms with Crippen LogP contribution in [-0.4, -0.2) is 17.4 Å². The SMILES string of the molecule is NCc1ccc(Cl)cc1CNC(=O)Cc1c(Cl)cnc(NCC(F)(F)c2cccc[n+]2[O-])c1F. The molecule has 4 N–H and O–H groups in total. The number of pyridine rings is 2. The lowest BCUT2D eigenvalue weighted by Crippen LogP contribution is -2.41. The second-order valence-electron chi connectivity index (χ2n) is 7.29. The van der Waals surface area contributed by atoms with Gasteiger partial charge in [-0.3, -0.25) is 4.79 Å². The summed E-state index contributed by atoms with van der Waals surface area (Å²) in [6.45, 7) is -0.769. The molecule has 0 radical (unpaired) electrons. The molecule has 0 bridgehead atoms. The summed E-state index contributed by atoms with van der Waals surface area (Å²) >= 11 is 12.0. The van der Waals surface area contributed by atoms with Crippen molar-refractivity contribution in [2.24, 2.45) is 5.73 Å². The quantitative estimate of drug-likeness (QED) is 0.299. The average Bonchev–Trinajstić information content (AvgIpc) is 2.80. The number of carbonyl (C=O) groups excluding carboxylic acids is 1. The summed E-state index contributed by atoms with van der Waals surface area (Å²) in [4.78, 5) is 16.1. The molecule has 0 fully saturated rings. The highest BCUT2D eigenvalue weighted by Crippen LogP contribution is 2.28. The molecule has 0 aliphatic heterocycles. The van der Waals surface area contributed by atoms with Crippen LogP contribution in [0.15, 0.2) is 48.8 Å². The van der Waals surface area contributed by atoms with E-state index in [-0.39, 0.29) is 28.4 Å². The fraction of sp³-hybridized carbons (Fsp3) is 0.227. The van der Waals surface area contributed by atoms with Crippen molar-refractivity contribution in [1.82, 2.24) is 10.3 Å². The van der Waals surface area contributed by atoms with Crippen molar-refractivity contribution < 1.29 is 22.7 Å². The third-order valence-corrected chi connectivity index (χ3v) is 5.51. The second kappa shape index (κ2) is 10.9. The maximum absolute atomic E-state index is 15.0. The predicted octanol–water partition coefficient (Wildman–Crippen LogP) is 3.68. The van der Waals surface area contributed by atoms with E-state index in [0.717, 1.165) is 24.0 Å². The van der Waals surface area contributed by atoms with Crippen LogP contribution < -0.4 is 21.1 Å². The number of aromatic nitrogens is 2. The van der Waals surface area contributed by atoms with E-state index in [9.17, 15) is 23.2 Å². The molecule has 3 rings (SSSR count). The molecule has 1 amide bonds. The summed E-state index contributed by atoms with van der Waals surface area (Å²) in [5.74, 6) is -5.76. The van der Waals surface area contributed by atoms with Crippen molar-refractivity contribution in [2.75, 3.05) is 11.9 Å².